The standard InChI is InChI=1S/C19H18N2O3/c1-21(10-13-5-3-2-4-6-13)11-15-7-14-8-17-18(24-12-23-17)9-16(14)20-19(15)22/h2-9H,10-12H2,1H3,(H,20,22). The maximum Gasteiger partial charge on any atom is 0.252 e. The maximum atomic E-state index is 12.4. The van der Waals surface area contributed by atoms with E-state index in [1.807, 2.05) is 43.4 Å². The first-order valence-corrected chi connectivity index (χ1v) is 7.87. The Kier molecular flexibility index (Phi) is 3.70. The molecule has 0 amide bonds. The minimum Gasteiger partial charge on any atom is -0.454 e. The van der Waals surface area contributed by atoms with Gasteiger partial charge in [0, 0.05) is 30.1 Å². The molecule has 5 nitrogen and oxygen atoms in total. The Morgan fingerprint density at radius 2 is 1.79 bits per heavy atom. The van der Waals surface area contributed by atoms with Crippen molar-refractivity contribution in [3.05, 3.63) is 70.0 Å². The Hall–Kier alpha value is -2.79. The number of rotatable bonds is 4. The number of aromatic nitrogens is 1. The summed E-state index contributed by atoms with van der Waals surface area (Å²) in [5.41, 5.74) is 2.65. The Balaban J connectivity index is 1.60. The molecule has 0 atom stereocenters. The Morgan fingerprint density at radius 1 is 1.04 bits per heavy atom. The summed E-state index contributed by atoms with van der Waals surface area (Å²) < 4.78 is 10.8. The van der Waals surface area contributed by atoms with Crippen LogP contribution in [0.25, 0.3) is 10.9 Å². The van der Waals surface area contributed by atoms with Crippen molar-refractivity contribution in [2.75, 3.05) is 13.8 Å². The molecule has 0 spiro atoms. The molecule has 24 heavy (non-hydrogen) atoms. The largest absolute Gasteiger partial charge is 0.454 e. The molecule has 0 unspecified atom stereocenters. The van der Waals surface area contributed by atoms with Crippen LogP contribution in [0.3, 0.4) is 0 Å². The quantitative estimate of drug-likeness (QED) is 0.802. The molecule has 4 rings (SSSR count). The fourth-order valence-corrected chi connectivity index (χ4v) is 3.00. The summed E-state index contributed by atoms with van der Waals surface area (Å²) in [6.45, 7) is 1.59. The summed E-state index contributed by atoms with van der Waals surface area (Å²) in [6.07, 6.45) is 0. The van der Waals surface area contributed by atoms with E-state index in [0.29, 0.717) is 12.3 Å². The molecule has 122 valence electrons. The Labute approximate surface area is 139 Å². The van der Waals surface area contributed by atoms with E-state index < -0.39 is 0 Å². The van der Waals surface area contributed by atoms with Gasteiger partial charge in [0.15, 0.2) is 11.5 Å². The van der Waals surface area contributed by atoms with E-state index in [1.54, 1.807) is 0 Å². The summed E-state index contributed by atoms with van der Waals surface area (Å²) in [6, 6.07) is 15.9. The van der Waals surface area contributed by atoms with Crippen LogP contribution in [-0.4, -0.2) is 23.7 Å². The highest BCUT2D eigenvalue weighted by Crippen LogP contribution is 2.35. The zero-order chi connectivity index (χ0) is 16.5. The van der Waals surface area contributed by atoms with Crippen molar-refractivity contribution < 1.29 is 9.47 Å². The lowest BCUT2D eigenvalue weighted by Crippen LogP contribution is -2.23. The second-order valence-corrected chi connectivity index (χ2v) is 6.07. The summed E-state index contributed by atoms with van der Waals surface area (Å²) in [5.74, 6) is 1.39. The van der Waals surface area contributed by atoms with Crippen molar-refractivity contribution in [1.29, 1.82) is 0 Å². The predicted molar refractivity (Wildman–Crippen MR) is 92.3 cm³/mol. The van der Waals surface area contributed by atoms with Gasteiger partial charge in [-0.15, -0.1) is 0 Å². The smallest absolute Gasteiger partial charge is 0.252 e. The predicted octanol–water partition coefficient (Wildman–Crippen LogP) is 2.89. The molecule has 1 aliphatic heterocycles. The Bertz CT molecular complexity index is 934. The van der Waals surface area contributed by atoms with E-state index in [9.17, 15) is 4.79 Å². The molecule has 1 aliphatic rings. The average molecular weight is 322 g/mol. The van der Waals surface area contributed by atoms with Crippen LogP contribution in [0.15, 0.2) is 53.3 Å². The van der Waals surface area contributed by atoms with E-state index in [1.165, 1.54) is 5.56 Å². The molecular formula is C19H18N2O3. The van der Waals surface area contributed by atoms with Crippen molar-refractivity contribution >= 4 is 10.9 Å². The molecule has 2 heterocycles. The summed E-state index contributed by atoms with van der Waals surface area (Å²) in [5, 5.41) is 0.946. The summed E-state index contributed by atoms with van der Waals surface area (Å²) >= 11 is 0. The maximum absolute atomic E-state index is 12.4. The van der Waals surface area contributed by atoms with Gasteiger partial charge in [-0.25, -0.2) is 0 Å². The Morgan fingerprint density at radius 3 is 2.58 bits per heavy atom. The van der Waals surface area contributed by atoms with Gasteiger partial charge >= 0.3 is 0 Å². The molecule has 1 aromatic heterocycles. The minimum atomic E-state index is -0.0683. The number of ether oxygens (including phenoxy) is 2. The molecule has 2 aromatic carbocycles. The molecule has 0 bridgehead atoms. The van der Waals surface area contributed by atoms with Crippen LogP contribution < -0.4 is 15.0 Å². The lowest BCUT2D eigenvalue weighted by atomic mass is 10.1. The van der Waals surface area contributed by atoms with Crippen LogP contribution in [0.5, 0.6) is 11.5 Å². The zero-order valence-corrected chi connectivity index (χ0v) is 13.4. The first-order valence-electron chi connectivity index (χ1n) is 7.87. The minimum absolute atomic E-state index is 0.0683. The number of benzene rings is 2. The van der Waals surface area contributed by atoms with Crippen molar-refractivity contribution in [3.63, 3.8) is 0 Å². The van der Waals surface area contributed by atoms with Gasteiger partial charge < -0.3 is 14.5 Å². The first kappa shape index (κ1) is 14.8. The average Bonchev–Trinajstić information content (AvgIpc) is 3.01. The van der Waals surface area contributed by atoms with Gasteiger partial charge in [0.25, 0.3) is 5.56 Å². The summed E-state index contributed by atoms with van der Waals surface area (Å²) in [4.78, 5) is 17.4. The topological polar surface area (TPSA) is 54.6 Å². The molecule has 0 aliphatic carbocycles. The summed E-state index contributed by atoms with van der Waals surface area (Å²) in [7, 11) is 2.01. The van der Waals surface area contributed by atoms with Crippen LogP contribution in [-0.2, 0) is 13.1 Å². The van der Waals surface area contributed by atoms with Crippen molar-refractivity contribution in [2.45, 2.75) is 13.1 Å². The van der Waals surface area contributed by atoms with E-state index in [4.69, 9.17) is 9.47 Å². The van der Waals surface area contributed by atoms with Crippen LogP contribution in [0.1, 0.15) is 11.1 Å². The number of hydrogen-bond donors (Lipinski definition) is 1. The second kappa shape index (κ2) is 6.02. The third-order valence-corrected chi connectivity index (χ3v) is 4.15. The number of fused-ring (bicyclic) bond motifs is 2. The normalized spacial score (nSPS) is 12.9. The fourth-order valence-electron chi connectivity index (χ4n) is 3.00. The molecule has 0 saturated heterocycles. The highest BCUT2D eigenvalue weighted by atomic mass is 16.7. The van der Waals surface area contributed by atoms with E-state index >= 15 is 0 Å². The van der Waals surface area contributed by atoms with E-state index in [2.05, 4.69) is 22.0 Å². The van der Waals surface area contributed by atoms with Gasteiger partial charge in [0.1, 0.15) is 0 Å². The van der Waals surface area contributed by atoms with E-state index in [0.717, 1.165) is 28.8 Å². The van der Waals surface area contributed by atoms with E-state index in [-0.39, 0.29) is 12.4 Å². The van der Waals surface area contributed by atoms with Crippen LogP contribution in [0.4, 0.5) is 0 Å². The van der Waals surface area contributed by atoms with Crippen LogP contribution in [0, 0.1) is 0 Å². The first-order chi connectivity index (χ1) is 11.7. The molecule has 0 radical (unpaired) electrons. The van der Waals surface area contributed by atoms with Gasteiger partial charge in [0.2, 0.25) is 6.79 Å². The van der Waals surface area contributed by atoms with Gasteiger partial charge in [-0.05, 0) is 24.7 Å². The van der Waals surface area contributed by atoms with Crippen LogP contribution in [0.2, 0.25) is 0 Å². The monoisotopic (exact) mass is 322 g/mol. The number of nitrogens with zero attached hydrogens (tertiary/aromatic N) is 1. The van der Waals surface area contributed by atoms with Crippen LogP contribution >= 0.6 is 0 Å². The number of nitrogens with one attached hydrogen (secondary N) is 1. The number of H-pyrrole nitrogens is 1. The fraction of sp³-hybridized carbons (Fsp3) is 0.211. The van der Waals surface area contributed by atoms with Crippen molar-refractivity contribution in [3.8, 4) is 11.5 Å². The number of hydrogen-bond acceptors (Lipinski definition) is 4. The molecule has 1 N–H and O–H groups in total. The molecular weight excluding hydrogens is 304 g/mol. The van der Waals surface area contributed by atoms with Gasteiger partial charge in [0.05, 0.1) is 5.52 Å². The van der Waals surface area contributed by atoms with Crippen molar-refractivity contribution in [2.24, 2.45) is 0 Å². The highest BCUT2D eigenvalue weighted by molar-refractivity contribution is 5.83. The number of aromatic amines is 1. The molecule has 0 saturated carbocycles. The third kappa shape index (κ3) is 2.86. The second-order valence-electron chi connectivity index (χ2n) is 6.07. The van der Waals surface area contributed by atoms with Gasteiger partial charge in [-0.2, -0.15) is 0 Å². The lowest BCUT2D eigenvalue weighted by molar-refractivity contribution is 0.174. The molecule has 5 heteroatoms. The zero-order valence-electron chi connectivity index (χ0n) is 13.4. The highest BCUT2D eigenvalue weighted by Gasteiger charge is 2.15. The van der Waals surface area contributed by atoms with Crippen molar-refractivity contribution in [1.82, 2.24) is 9.88 Å². The van der Waals surface area contributed by atoms with Gasteiger partial charge in [-0.1, -0.05) is 30.3 Å². The SMILES string of the molecule is CN(Cc1ccccc1)Cc1cc2cc3c(cc2[nH]c1=O)OCO3. The van der Waals surface area contributed by atoms with Gasteiger partial charge in [-0.3, -0.25) is 9.69 Å². The molecule has 0 fully saturated rings. The number of pyridine rings is 1. The third-order valence-electron chi connectivity index (χ3n) is 4.15. The lowest BCUT2D eigenvalue weighted by Gasteiger charge is -2.16. The molecule has 3 aromatic rings.